The van der Waals surface area contributed by atoms with Gasteiger partial charge in [-0.1, -0.05) is 6.07 Å². The molecular formula is C13H17FN4O2S. The summed E-state index contributed by atoms with van der Waals surface area (Å²) in [5.41, 5.74) is 5.88. The summed E-state index contributed by atoms with van der Waals surface area (Å²) in [6.45, 7) is 2.10. The summed E-state index contributed by atoms with van der Waals surface area (Å²) < 4.78 is 42.1. The molecule has 0 aliphatic heterocycles. The SMILES string of the molecule is CC(Cn1cccn1)NS(=O)(=O)c1cc(F)ccc1CN. The second kappa shape index (κ2) is 6.33. The number of hydrogen-bond acceptors (Lipinski definition) is 4. The van der Waals surface area contributed by atoms with Crippen LogP contribution in [0.1, 0.15) is 12.5 Å². The summed E-state index contributed by atoms with van der Waals surface area (Å²) in [5, 5.41) is 4.01. The number of nitrogens with zero attached hydrogens (tertiary/aromatic N) is 2. The van der Waals surface area contributed by atoms with Gasteiger partial charge in [-0.3, -0.25) is 4.68 Å². The topological polar surface area (TPSA) is 90.0 Å². The van der Waals surface area contributed by atoms with Gasteiger partial charge in [0.05, 0.1) is 11.4 Å². The molecule has 1 aromatic carbocycles. The van der Waals surface area contributed by atoms with Crippen molar-refractivity contribution in [1.29, 1.82) is 0 Å². The van der Waals surface area contributed by atoms with Crippen molar-refractivity contribution in [3.05, 3.63) is 48.0 Å². The molecule has 0 saturated heterocycles. The molecule has 0 aliphatic carbocycles. The standard InChI is InChI=1S/C13H17FN4O2S/c1-10(9-18-6-2-5-16-18)17-21(19,20)13-7-12(14)4-3-11(13)8-15/h2-7,10,17H,8-9,15H2,1H3. The van der Waals surface area contributed by atoms with Crippen molar-refractivity contribution in [2.75, 3.05) is 0 Å². The van der Waals surface area contributed by atoms with Crippen molar-refractivity contribution in [3.8, 4) is 0 Å². The Morgan fingerprint density at radius 2 is 2.24 bits per heavy atom. The Hall–Kier alpha value is -1.77. The lowest BCUT2D eigenvalue weighted by atomic mass is 10.2. The Morgan fingerprint density at radius 1 is 1.48 bits per heavy atom. The molecule has 1 atom stereocenters. The van der Waals surface area contributed by atoms with Crippen LogP contribution in [-0.4, -0.2) is 24.2 Å². The van der Waals surface area contributed by atoms with Crippen LogP contribution >= 0.6 is 0 Å². The van der Waals surface area contributed by atoms with E-state index in [1.54, 1.807) is 30.1 Å². The van der Waals surface area contributed by atoms with Gasteiger partial charge in [0.2, 0.25) is 10.0 Å². The van der Waals surface area contributed by atoms with Crippen LogP contribution in [0.2, 0.25) is 0 Å². The zero-order chi connectivity index (χ0) is 15.5. The first-order chi connectivity index (χ1) is 9.92. The fourth-order valence-corrected chi connectivity index (χ4v) is 3.50. The Morgan fingerprint density at radius 3 is 2.86 bits per heavy atom. The molecule has 0 aliphatic rings. The normalized spacial score (nSPS) is 13.3. The lowest BCUT2D eigenvalue weighted by Gasteiger charge is -2.16. The van der Waals surface area contributed by atoms with Crippen molar-refractivity contribution in [2.24, 2.45) is 5.73 Å². The van der Waals surface area contributed by atoms with Gasteiger partial charge >= 0.3 is 0 Å². The highest BCUT2D eigenvalue weighted by atomic mass is 32.2. The maximum absolute atomic E-state index is 13.3. The molecule has 0 fully saturated rings. The molecule has 21 heavy (non-hydrogen) atoms. The number of benzene rings is 1. The number of nitrogens with one attached hydrogen (secondary N) is 1. The molecule has 0 spiro atoms. The van der Waals surface area contributed by atoms with Gasteiger partial charge in [0.25, 0.3) is 0 Å². The Labute approximate surface area is 122 Å². The molecular weight excluding hydrogens is 295 g/mol. The number of sulfonamides is 1. The van der Waals surface area contributed by atoms with Gasteiger partial charge in [-0.25, -0.2) is 17.5 Å². The van der Waals surface area contributed by atoms with Gasteiger partial charge in [-0.2, -0.15) is 5.10 Å². The number of halogens is 1. The van der Waals surface area contributed by atoms with E-state index in [0.29, 0.717) is 12.1 Å². The summed E-state index contributed by atoms with van der Waals surface area (Å²) in [5.74, 6) is -0.618. The van der Waals surface area contributed by atoms with Crippen molar-refractivity contribution in [1.82, 2.24) is 14.5 Å². The molecule has 1 unspecified atom stereocenters. The molecule has 3 N–H and O–H groups in total. The van der Waals surface area contributed by atoms with Gasteiger partial charge < -0.3 is 5.73 Å². The van der Waals surface area contributed by atoms with Gasteiger partial charge in [-0.05, 0) is 30.7 Å². The summed E-state index contributed by atoms with van der Waals surface area (Å²) in [4.78, 5) is -0.127. The van der Waals surface area contributed by atoms with Crippen molar-refractivity contribution >= 4 is 10.0 Å². The van der Waals surface area contributed by atoms with Crippen LogP contribution in [0.4, 0.5) is 4.39 Å². The first-order valence-corrected chi connectivity index (χ1v) is 7.89. The minimum atomic E-state index is -3.84. The number of aromatic nitrogens is 2. The van der Waals surface area contributed by atoms with E-state index < -0.39 is 21.9 Å². The van der Waals surface area contributed by atoms with Gasteiger partial charge in [0.15, 0.2) is 0 Å². The third-order valence-corrected chi connectivity index (χ3v) is 4.59. The first kappa shape index (κ1) is 15.6. The molecule has 0 saturated carbocycles. The van der Waals surface area contributed by atoms with Crippen LogP contribution in [0, 0.1) is 5.82 Å². The Kier molecular flexibility index (Phi) is 4.71. The van der Waals surface area contributed by atoms with Crippen LogP contribution in [0.3, 0.4) is 0 Å². The van der Waals surface area contributed by atoms with Gasteiger partial charge in [-0.15, -0.1) is 0 Å². The van der Waals surface area contributed by atoms with E-state index in [1.807, 2.05) is 0 Å². The number of rotatable bonds is 6. The average molecular weight is 312 g/mol. The largest absolute Gasteiger partial charge is 0.326 e. The predicted molar refractivity (Wildman–Crippen MR) is 76.3 cm³/mol. The summed E-state index contributed by atoms with van der Waals surface area (Å²) >= 11 is 0. The Bertz CT molecular complexity index is 701. The summed E-state index contributed by atoms with van der Waals surface area (Å²) in [6, 6.07) is 4.89. The quantitative estimate of drug-likeness (QED) is 0.827. The van der Waals surface area contributed by atoms with E-state index in [0.717, 1.165) is 6.07 Å². The predicted octanol–water partition coefficient (Wildman–Crippen LogP) is 0.848. The maximum atomic E-state index is 13.3. The minimum absolute atomic E-state index is 0.0179. The zero-order valence-electron chi connectivity index (χ0n) is 11.5. The van der Waals surface area contributed by atoms with Crippen molar-refractivity contribution in [2.45, 2.75) is 31.0 Å². The monoisotopic (exact) mass is 312 g/mol. The Balaban J connectivity index is 2.20. The molecule has 114 valence electrons. The van der Waals surface area contributed by atoms with E-state index in [-0.39, 0.29) is 11.4 Å². The highest BCUT2D eigenvalue weighted by Gasteiger charge is 2.21. The average Bonchev–Trinajstić information content (AvgIpc) is 2.90. The lowest BCUT2D eigenvalue weighted by Crippen LogP contribution is -2.36. The third kappa shape index (κ3) is 3.87. The summed E-state index contributed by atoms with van der Waals surface area (Å²) in [6.07, 6.45) is 3.35. The van der Waals surface area contributed by atoms with E-state index >= 15 is 0 Å². The van der Waals surface area contributed by atoms with E-state index in [9.17, 15) is 12.8 Å². The molecule has 8 heteroatoms. The zero-order valence-corrected chi connectivity index (χ0v) is 12.3. The molecule has 0 amide bonds. The highest BCUT2D eigenvalue weighted by Crippen LogP contribution is 2.17. The van der Waals surface area contributed by atoms with Crippen LogP contribution in [0.15, 0.2) is 41.6 Å². The van der Waals surface area contributed by atoms with Crippen LogP contribution in [-0.2, 0) is 23.1 Å². The molecule has 1 aromatic heterocycles. The van der Waals surface area contributed by atoms with E-state index in [1.165, 1.54) is 12.1 Å². The maximum Gasteiger partial charge on any atom is 0.241 e. The number of nitrogens with two attached hydrogens (primary N) is 1. The molecule has 1 heterocycles. The van der Waals surface area contributed by atoms with Crippen LogP contribution < -0.4 is 10.5 Å². The second-order valence-electron chi connectivity index (χ2n) is 4.71. The summed E-state index contributed by atoms with van der Waals surface area (Å²) in [7, 11) is -3.84. The minimum Gasteiger partial charge on any atom is -0.326 e. The van der Waals surface area contributed by atoms with Gasteiger partial charge in [0.1, 0.15) is 5.82 Å². The van der Waals surface area contributed by atoms with E-state index in [4.69, 9.17) is 5.73 Å². The van der Waals surface area contributed by atoms with Crippen molar-refractivity contribution < 1.29 is 12.8 Å². The third-order valence-electron chi connectivity index (χ3n) is 2.92. The molecule has 2 rings (SSSR count). The number of hydrogen-bond donors (Lipinski definition) is 2. The molecule has 6 nitrogen and oxygen atoms in total. The van der Waals surface area contributed by atoms with Crippen LogP contribution in [0.25, 0.3) is 0 Å². The van der Waals surface area contributed by atoms with E-state index in [2.05, 4.69) is 9.82 Å². The highest BCUT2D eigenvalue weighted by molar-refractivity contribution is 7.89. The lowest BCUT2D eigenvalue weighted by molar-refractivity contribution is 0.493. The smallest absolute Gasteiger partial charge is 0.241 e. The fourth-order valence-electron chi connectivity index (χ4n) is 2.00. The first-order valence-electron chi connectivity index (χ1n) is 6.40. The fraction of sp³-hybridized carbons (Fsp3) is 0.308. The molecule has 2 aromatic rings. The molecule has 0 bridgehead atoms. The van der Waals surface area contributed by atoms with Gasteiger partial charge in [0, 0.05) is 25.0 Å². The second-order valence-corrected chi connectivity index (χ2v) is 6.39. The molecule has 0 radical (unpaired) electrons. The van der Waals surface area contributed by atoms with Crippen LogP contribution in [0.5, 0.6) is 0 Å². The van der Waals surface area contributed by atoms with Crippen molar-refractivity contribution in [3.63, 3.8) is 0 Å².